The number of piperazine rings is 1. The van der Waals surface area contributed by atoms with Crippen molar-refractivity contribution >= 4 is 11.6 Å². The van der Waals surface area contributed by atoms with Crippen LogP contribution in [-0.4, -0.2) is 62.7 Å². The van der Waals surface area contributed by atoms with E-state index in [1.54, 1.807) is 0 Å². The normalized spacial score (nSPS) is 16.2. The van der Waals surface area contributed by atoms with Gasteiger partial charge < -0.3 is 15.5 Å². The van der Waals surface area contributed by atoms with Gasteiger partial charge in [0.2, 0.25) is 0 Å². The van der Waals surface area contributed by atoms with Crippen molar-refractivity contribution in [1.29, 1.82) is 0 Å². The second-order valence-electron chi connectivity index (χ2n) is 7.43. The number of nitrogens with one attached hydrogen (secondary N) is 2. The number of benzene rings is 1. The van der Waals surface area contributed by atoms with E-state index in [2.05, 4.69) is 77.4 Å². The molecule has 0 bridgehead atoms. The molecule has 1 aliphatic rings. The van der Waals surface area contributed by atoms with Gasteiger partial charge in [-0.25, -0.2) is 0 Å². The molecule has 5 heteroatoms. The number of aryl methyl sites for hydroxylation is 1. The first kappa shape index (κ1) is 20.6. The highest BCUT2D eigenvalue weighted by Gasteiger charge is 2.16. The maximum Gasteiger partial charge on any atom is 0.191 e. The fraction of sp³-hybridized carbons (Fsp3) is 0.667. The predicted octanol–water partition coefficient (Wildman–Crippen LogP) is 2.86. The third-order valence-electron chi connectivity index (χ3n) is 4.66. The molecule has 5 nitrogen and oxygen atoms in total. The van der Waals surface area contributed by atoms with Crippen LogP contribution in [0.5, 0.6) is 0 Å². The number of rotatable bonds is 8. The van der Waals surface area contributed by atoms with Crippen molar-refractivity contribution in [2.75, 3.05) is 50.7 Å². The molecule has 1 heterocycles. The molecule has 2 N–H and O–H groups in total. The summed E-state index contributed by atoms with van der Waals surface area (Å²) in [5, 5.41) is 6.67. The van der Waals surface area contributed by atoms with E-state index in [0.717, 1.165) is 51.6 Å². The van der Waals surface area contributed by atoms with E-state index in [4.69, 9.17) is 0 Å². The van der Waals surface area contributed by atoms with Gasteiger partial charge in [-0.05, 0) is 64.8 Å². The van der Waals surface area contributed by atoms with Gasteiger partial charge in [0.15, 0.2) is 5.96 Å². The number of guanidine groups is 1. The Morgan fingerprint density at radius 1 is 1.15 bits per heavy atom. The standard InChI is InChI=1S/C21H37N5/c1-5-22-21(24-18(2)3)23-11-6-7-12-25-13-15-26(16-14-25)20-10-8-9-19(4)17-20/h8-10,17-18H,5-7,11-16H2,1-4H3,(H2,22,23,24). The summed E-state index contributed by atoms with van der Waals surface area (Å²) in [5.41, 5.74) is 2.71. The van der Waals surface area contributed by atoms with Crippen LogP contribution in [0.3, 0.4) is 0 Å². The van der Waals surface area contributed by atoms with E-state index < -0.39 is 0 Å². The molecular formula is C21H37N5. The van der Waals surface area contributed by atoms with Gasteiger partial charge in [0, 0.05) is 51.0 Å². The van der Waals surface area contributed by atoms with Gasteiger partial charge in [0.05, 0.1) is 0 Å². The minimum atomic E-state index is 0.414. The highest BCUT2D eigenvalue weighted by molar-refractivity contribution is 5.79. The summed E-state index contributed by atoms with van der Waals surface area (Å²) >= 11 is 0. The highest BCUT2D eigenvalue weighted by atomic mass is 15.3. The van der Waals surface area contributed by atoms with E-state index in [1.807, 2.05) is 0 Å². The summed E-state index contributed by atoms with van der Waals surface area (Å²) < 4.78 is 0. The number of hydrogen-bond acceptors (Lipinski definition) is 3. The molecule has 0 unspecified atom stereocenters. The SMILES string of the molecule is CCNC(=NCCCCN1CCN(c2cccc(C)c2)CC1)NC(C)C. The number of hydrogen-bond donors (Lipinski definition) is 2. The third kappa shape index (κ3) is 7.24. The molecule has 0 spiro atoms. The van der Waals surface area contributed by atoms with Gasteiger partial charge in [-0.2, -0.15) is 0 Å². The summed E-state index contributed by atoms with van der Waals surface area (Å²) in [5.74, 6) is 0.939. The van der Waals surface area contributed by atoms with Gasteiger partial charge in [0.25, 0.3) is 0 Å². The smallest absolute Gasteiger partial charge is 0.191 e. The molecule has 26 heavy (non-hydrogen) atoms. The molecule has 0 atom stereocenters. The van der Waals surface area contributed by atoms with E-state index in [9.17, 15) is 0 Å². The van der Waals surface area contributed by atoms with Crippen molar-refractivity contribution in [3.05, 3.63) is 29.8 Å². The van der Waals surface area contributed by atoms with Crippen molar-refractivity contribution in [3.63, 3.8) is 0 Å². The van der Waals surface area contributed by atoms with Crippen molar-refractivity contribution in [2.45, 2.75) is 46.6 Å². The van der Waals surface area contributed by atoms with Gasteiger partial charge in [-0.15, -0.1) is 0 Å². The first-order valence-corrected chi connectivity index (χ1v) is 10.2. The van der Waals surface area contributed by atoms with Crippen LogP contribution >= 0.6 is 0 Å². The van der Waals surface area contributed by atoms with Gasteiger partial charge in [0.1, 0.15) is 0 Å². The molecule has 2 rings (SSSR count). The molecule has 0 aromatic heterocycles. The largest absolute Gasteiger partial charge is 0.369 e. The summed E-state index contributed by atoms with van der Waals surface area (Å²) in [7, 11) is 0. The van der Waals surface area contributed by atoms with Crippen molar-refractivity contribution in [3.8, 4) is 0 Å². The number of nitrogens with zero attached hydrogens (tertiary/aromatic N) is 3. The highest BCUT2D eigenvalue weighted by Crippen LogP contribution is 2.17. The molecule has 0 amide bonds. The Labute approximate surface area is 159 Å². The van der Waals surface area contributed by atoms with Gasteiger partial charge in [-0.1, -0.05) is 12.1 Å². The van der Waals surface area contributed by atoms with E-state index in [0.29, 0.717) is 6.04 Å². The lowest BCUT2D eigenvalue weighted by atomic mass is 10.2. The second kappa shape index (κ2) is 11.1. The van der Waals surface area contributed by atoms with Crippen LogP contribution in [0.15, 0.2) is 29.3 Å². The Hall–Kier alpha value is -1.75. The quantitative estimate of drug-likeness (QED) is 0.425. The van der Waals surface area contributed by atoms with Crippen LogP contribution in [0, 0.1) is 6.92 Å². The monoisotopic (exact) mass is 359 g/mol. The molecule has 0 aliphatic carbocycles. The van der Waals surface area contributed by atoms with Crippen LogP contribution < -0.4 is 15.5 Å². The first-order chi connectivity index (χ1) is 12.6. The second-order valence-corrected chi connectivity index (χ2v) is 7.43. The lowest BCUT2D eigenvalue weighted by Gasteiger charge is -2.36. The average molecular weight is 360 g/mol. The van der Waals surface area contributed by atoms with Crippen molar-refractivity contribution in [1.82, 2.24) is 15.5 Å². The summed E-state index contributed by atoms with van der Waals surface area (Å²) in [4.78, 5) is 9.76. The Kier molecular flexibility index (Phi) is 8.75. The van der Waals surface area contributed by atoms with Crippen LogP contribution in [0.1, 0.15) is 39.2 Å². The molecule has 1 saturated heterocycles. The van der Waals surface area contributed by atoms with E-state index >= 15 is 0 Å². The molecule has 0 saturated carbocycles. The van der Waals surface area contributed by atoms with Crippen LogP contribution in [0.4, 0.5) is 5.69 Å². The summed E-state index contributed by atoms with van der Waals surface area (Å²) in [6.07, 6.45) is 2.36. The van der Waals surface area contributed by atoms with Crippen LogP contribution in [-0.2, 0) is 0 Å². The molecule has 1 aliphatic heterocycles. The number of aliphatic imine (C=N–C) groups is 1. The Balaban J connectivity index is 1.64. The lowest BCUT2D eigenvalue weighted by molar-refractivity contribution is 0.253. The minimum absolute atomic E-state index is 0.414. The fourth-order valence-electron chi connectivity index (χ4n) is 3.29. The first-order valence-electron chi connectivity index (χ1n) is 10.2. The topological polar surface area (TPSA) is 42.9 Å². The average Bonchev–Trinajstić information content (AvgIpc) is 2.61. The summed E-state index contributed by atoms with van der Waals surface area (Å²) in [6, 6.07) is 9.26. The van der Waals surface area contributed by atoms with Crippen LogP contribution in [0.25, 0.3) is 0 Å². The third-order valence-corrected chi connectivity index (χ3v) is 4.66. The molecular weight excluding hydrogens is 322 g/mol. The van der Waals surface area contributed by atoms with E-state index in [-0.39, 0.29) is 0 Å². The van der Waals surface area contributed by atoms with E-state index in [1.165, 1.54) is 24.2 Å². The molecule has 146 valence electrons. The molecule has 1 aromatic rings. The van der Waals surface area contributed by atoms with Crippen molar-refractivity contribution < 1.29 is 0 Å². The number of anilines is 1. The summed E-state index contributed by atoms with van der Waals surface area (Å²) in [6.45, 7) is 16.1. The van der Waals surface area contributed by atoms with Crippen LogP contribution in [0.2, 0.25) is 0 Å². The molecule has 0 radical (unpaired) electrons. The van der Waals surface area contributed by atoms with Gasteiger partial charge >= 0.3 is 0 Å². The zero-order chi connectivity index (χ0) is 18.8. The minimum Gasteiger partial charge on any atom is -0.369 e. The Morgan fingerprint density at radius 3 is 2.58 bits per heavy atom. The fourth-order valence-corrected chi connectivity index (χ4v) is 3.29. The molecule has 1 aromatic carbocycles. The van der Waals surface area contributed by atoms with Crippen molar-refractivity contribution in [2.24, 2.45) is 4.99 Å². The Bertz CT molecular complexity index is 547. The Morgan fingerprint density at radius 2 is 1.92 bits per heavy atom. The van der Waals surface area contributed by atoms with Gasteiger partial charge in [-0.3, -0.25) is 9.89 Å². The predicted molar refractivity (Wildman–Crippen MR) is 113 cm³/mol. The number of unbranched alkanes of at least 4 members (excludes halogenated alkanes) is 1. The lowest BCUT2D eigenvalue weighted by Crippen LogP contribution is -2.46. The molecule has 1 fully saturated rings. The zero-order valence-corrected chi connectivity index (χ0v) is 17.1. The maximum atomic E-state index is 4.66. The zero-order valence-electron chi connectivity index (χ0n) is 17.1. The maximum absolute atomic E-state index is 4.66.